The molecule has 9 heteroatoms. The number of carbonyl (C=O) groups excluding carboxylic acids is 2. The normalized spacial score (nSPS) is 11.2. The van der Waals surface area contributed by atoms with Crippen molar-refractivity contribution in [2.45, 2.75) is 31.6 Å². The third-order valence-electron chi connectivity index (χ3n) is 3.47. The fourth-order valence-electron chi connectivity index (χ4n) is 2.15. The molecule has 0 saturated carbocycles. The summed E-state index contributed by atoms with van der Waals surface area (Å²) in [6, 6.07) is 2.94. The molecule has 1 aromatic rings. The van der Waals surface area contributed by atoms with Gasteiger partial charge in [0, 0.05) is 31.6 Å². The van der Waals surface area contributed by atoms with Crippen molar-refractivity contribution < 1.29 is 22.4 Å². The Morgan fingerprint density at radius 3 is 2.38 bits per heavy atom. The number of nitrogens with two attached hydrogens (primary N) is 1. The average Bonchev–Trinajstić information content (AvgIpc) is 2.51. The van der Waals surface area contributed by atoms with Gasteiger partial charge in [0.15, 0.2) is 0 Å². The number of nitrogens with zero attached hydrogens (tertiary/aromatic N) is 1. The van der Waals surface area contributed by atoms with Crippen molar-refractivity contribution in [3.8, 4) is 0 Å². The van der Waals surface area contributed by atoms with E-state index < -0.39 is 26.6 Å². The number of benzene rings is 1. The van der Waals surface area contributed by atoms with E-state index in [1.165, 1.54) is 6.07 Å². The van der Waals surface area contributed by atoms with Crippen LogP contribution in [-0.2, 0) is 14.8 Å². The molecular weight excluding hydrogens is 337 g/mol. The number of amides is 2. The Balaban J connectivity index is 2.55. The molecular formula is C15H22FN3O4S. The Hall–Kier alpha value is -2.00. The van der Waals surface area contributed by atoms with Crippen LogP contribution in [0.5, 0.6) is 0 Å². The maximum Gasteiger partial charge on any atom is 0.251 e. The summed E-state index contributed by atoms with van der Waals surface area (Å²) in [4.78, 5) is 24.7. The minimum Gasteiger partial charge on any atom is -0.352 e. The van der Waals surface area contributed by atoms with Crippen molar-refractivity contribution in [1.82, 2.24) is 10.2 Å². The zero-order valence-electron chi connectivity index (χ0n) is 13.7. The Morgan fingerprint density at radius 2 is 1.88 bits per heavy atom. The van der Waals surface area contributed by atoms with Gasteiger partial charge >= 0.3 is 0 Å². The largest absolute Gasteiger partial charge is 0.352 e. The molecule has 0 aliphatic heterocycles. The first-order valence-corrected chi connectivity index (χ1v) is 9.13. The summed E-state index contributed by atoms with van der Waals surface area (Å²) in [5.74, 6) is -1.62. The fraction of sp³-hybridized carbons (Fsp3) is 0.467. The number of sulfonamides is 1. The van der Waals surface area contributed by atoms with Gasteiger partial charge in [-0.25, -0.2) is 17.9 Å². The molecule has 0 atom stereocenters. The zero-order chi connectivity index (χ0) is 18.3. The van der Waals surface area contributed by atoms with Crippen LogP contribution in [0.25, 0.3) is 0 Å². The van der Waals surface area contributed by atoms with Crippen LogP contribution < -0.4 is 10.5 Å². The smallest absolute Gasteiger partial charge is 0.251 e. The van der Waals surface area contributed by atoms with Crippen molar-refractivity contribution in [2.75, 3.05) is 19.6 Å². The highest BCUT2D eigenvalue weighted by atomic mass is 32.2. The van der Waals surface area contributed by atoms with Crippen LogP contribution in [0.2, 0.25) is 0 Å². The third kappa shape index (κ3) is 5.57. The monoisotopic (exact) mass is 359 g/mol. The predicted octanol–water partition coefficient (Wildman–Crippen LogP) is 0.852. The van der Waals surface area contributed by atoms with Gasteiger partial charge in [-0.1, -0.05) is 0 Å². The predicted molar refractivity (Wildman–Crippen MR) is 87.3 cm³/mol. The van der Waals surface area contributed by atoms with Crippen molar-refractivity contribution in [3.05, 3.63) is 29.6 Å². The van der Waals surface area contributed by atoms with Crippen molar-refractivity contribution in [2.24, 2.45) is 5.14 Å². The lowest BCUT2D eigenvalue weighted by Crippen LogP contribution is -2.31. The third-order valence-corrected chi connectivity index (χ3v) is 4.41. The first-order chi connectivity index (χ1) is 11.2. The number of hydrogen-bond donors (Lipinski definition) is 2. The summed E-state index contributed by atoms with van der Waals surface area (Å²) in [5.41, 5.74) is -0.0185. The standard InChI is InChI=1S/C15H22FN3O4S/c1-3-19(4-2)14(20)6-5-9-18-15(21)11-7-8-13(12(16)10-11)24(17,22)23/h7-8,10H,3-6,9H2,1-2H3,(H,18,21)(H2,17,22,23). The molecule has 1 rings (SSSR count). The number of carbonyl (C=O) groups is 2. The maximum absolute atomic E-state index is 13.7. The van der Waals surface area contributed by atoms with Gasteiger partial charge in [-0.05, 0) is 38.5 Å². The van der Waals surface area contributed by atoms with Crippen molar-refractivity contribution in [3.63, 3.8) is 0 Å². The van der Waals surface area contributed by atoms with Gasteiger partial charge in [0.05, 0.1) is 0 Å². The Morgan fingerprint density at radius 1 is 1.25 bits per heavy atom. The molecule has 3 N–H and O–H groups in total. The van der Waals surface area contributed by atoms with Gasteiger partial charge in [0.1, 0.15) is 10.7 Å². The number of hydrogen-bond acceptors (Lipinski definition) is 4. The van der Waals surface area contributed by atoms with E-state index in [2.05, 4.69) is 5.32 Å². The molecule has 134 valence electrons. The highest BCUT2D eigenvalue weighted by Gasteiger charge is 2.16. The molecule has 0 radical (unpaired) electrons. The first-order valence-electron chi connectivity index (χ1n) is 7.59. The Kier molecular flexibility index (Phi) is 7.30. The molecule has 1 aromatic carbocycles. The van der Waals surface area contributed by atoms with Gasteiger partial charge in [0.25, 0.3) is 5.91 Å². The van der Waals surface area contributed by atoms with Gasteiger partial charge in [-0.15, -0.1) is 0 Å². The first kappa shape index (κ1) is 20.0. The van der Waals surface area contributed by atoms with Gasteiger partial charge in [-0.3, -0.25) is 9.59 Å². The van der Waals surface area contributed by atoms with E-state index in [0.717, 1.165) is 12.1 Å². The van der Waals surface area contributed by atoms with Crippen LogP contribution in [0.3, 0.4) is 0 Å². The summed E-state index contributed by atoms with van der Waals surface area (Å²) in [5, 5.41) is 7.41. The van der Waals surface area contributed by atoms with Gasteiger partial charge in [-0.2, -0.15) is 0 Å². The summed E-state index contributed by atoms with van der Waals surface area (Å²) in [6.07, 6.45) is 0.763. The molecule has 24 heavy (non-hydrogen) atoms. The van der Waals surface area contributed by atoms with E-state index in [9.17, 15) is 22.4 Å². The minimum absolute atomic E-state index is 0.0119. The molecule has 0 aliphatic carbocycles. The van der Waals surface area contributed by atoms with Gasteiger partial charge < -0.3 is 10.2 Å². The average molecular weight is 359 g/mol. The molecule has 0 fully saturated rings. The second-order valence-electron chi connectivity index (χ2n) is 5.12. The lowest BCUT2D eigenvalue weighted by molar-refractivity contribution is -0.130. The maximum atomic E-state index is 13.7. The lowest BCUT2D eigenvalue weighted by atomic mass is 10.2. The second kappa shape index (κ2) is 8.74. The summed E-state index contributed by atoms with van der Waals surface area (Å²) in [6.45, 7) is 5.31. The van der Waals surface area contributed by atoms with Crippen LogP contribution in [0.4, 0.5) is 4.39 Å². The molecule has 7 nitrogen and oxygen atoms in total. The molecule has 0 bridgehead atoms. The Bertz CT molecular complexity index is 703. The van der Waals surface area contributed by atoms with Crippen LogP contribution in [-0.4, -0.2) is 44.8 Å². The lowest BCUT2D eigenvalue weighted by Gasteiger charge is -2.18. The van der Waals surface area contributed by atoms with E-state index in [1.54, 1.807) is 4.90 Å². The quantitative estimate of drug-likeness (QED) is 0.671. The van der Waals surface area contributed by atoms with E-state index in [4.69, 9.17) is 5.14 Å². The summed E-state index contributed by atoms with van der Waals surface area (Å²) < 4.78 is 35.9. The fourth-order valence-corrected chi connectivity index (χ4v) is 2.74. The SMILES string of the molecule is CCN(CC)C(=O)CCCNC(=O)c1ccc(S(N)(=O)=O)c(F)c1. The molecule has 0 heterocycles. The summed E-state index contributed by atoms with van der Waals surface area (Å²) in [7, 11) is -4.17. The number of rotatable bonds is 8. The van der Waals surface area contributed by atoms with E-state index in [0.29, 0.717) is 25.9 Å². The topological polar surface area (TPSA) is 110 Å². The van der Waals surface area contributed by atoms with Crippen molar-refractivity contribution in [1.29, 1.82) is 0 Å². The van der Waals surface area contributed by atoms with Crippen LogP contribution in [0.15, 0.2) is 23.1 Å². The number of nitrogens with one attached hydrogen (secondary N) is 1. The van der Waals surface area contributed by atoms with E-state index in [-0.39, 0.29) is 18.0 Å². The van der Waals surface area contributed by atoms with E-state index in [1.807, 2.05) is 13.8 Å². The number of primary sulfonamides is 1. The molecule has 0 spiro atoms. The second-order valence-corrected chi connectivity index (χ2v) is 6.65. The van der Waals surface area contributed by atoms with Crippen molar-refractivity contribution >= 4 is 21.8 Å². The van der Waals surface area contributed by atoms with Crippen LogP contribution in [0, 0.1) is 5.82 Å². The molecule has 2 amide bonds. The van der Waals surface area contributed by atoms with Gasteiger partial charge in [0.2, 0.25) is 15.9 Å². The highest BCUT2D eigenvalue weighted by Crippen LogP contribution is 2.14. The zero-order valence-corrected chi connectivity index (χ0v) is 14.5. The summed E-state index contributed by atoms with van der Waals surface area (Å²) >= 11 is 0. The van der Waals surface area contributed by atoms with E-state index >= 15 is 0 Å². The van der Waals surface area contributed by atoms with Crippen LogP contribution >= 0.6 is 0 Å². The molecule has 0 saturated heterocycles. The Labute approximate surface area is 141 Å². The molecule has 0 aromatic heterocycles. The molecule has 0 aliphatic rings. The minimum atomic E-state index is -4.17. The van der Waals surface area contributed by atoms with Crippen LogP contribution in [0.1, 0.15) is 37.0 Å². The molecule has 0 unspecified atom stereocenters. The highest BCUT2D eigenvalue weighted by molar-refractivity contribution is 7.89. The number of halogens is 1.